The maximum Gasteiger partial charge on any atom is 0.321 e. The van der Waals surface area contributed by atoms with E-state index in [0.717, 1.165) is 36.4 Å². The Bertz CT molecular complexity index is 910. The largest absolute Gasteiger partial charge is 0.495 e. The first kappa shape index (κ1) is 20.6. The molecule has 0 bridgehead atoms. The lowest BCUT2D eigenvalue weighted by Crippen LogP contribution is -2.36. The van der Waals surface area contributed by atoms with Gasteiger partial charge in [0.1, 0.15) is 5.75 Å². The number of anilines is 2. The van der Waals surface area contributed by atoms with Gasteiger partial charge in [-0.15, -0.1) is 11.3 Å². The average molecular weight is 430 g/mol. The Morgan fingerprint density at radius 3 is 2.83 bits per heavy atom. The second-order valence-corrected chi connectivity index (χ2v) is 8.76. The minimum absolute atomic E-state index is 0.0817. The zero-order valence-corrected chi connectivity index (χ0v) is 17.9. The Hall–Kier alpha value is -2.65. The lowest BCUT2D eigenvalue weighted by Gasteiger charge is -2.25. The van der Waals surface area contributed by atoms with Crippen LogP contribution in [0.2, 0.25) is 0 Å². The third-order valence-corrected chi connectivity index (χ3v) is 6.47. The summed E-state index contributed by atoms with van der Waals surface area (Å²) in [5.41, 5.74) is 1.68. The first-order valence-electron chi connectivity index (χ1n) is 10.3. The minimum Gasteiger partial charge on any atom is -0.495 e. The lowest BCUT2D eigenvalue weighted by molar-refractivity contribution is -0.117. The number of nitrogens with one attached hydrogen (secondary N) is 3. The molecule has 3 amide bonds. The molecule has 1 aromatic carbocycles. The van der Waals surface area contributed by atoms with Gasteiger partial charge in [-0.3, -0.25) is 15.0 Å². The second-order valence-electron chi connectivity index (χ2n) is 7.68. The molecule has 0 unspecified atom stereocenters. The smallest absolute Gasteiger partial charge is 0.321 e. The van der Waals surface area contributed by atoms with Crippen LogP contribution >= 0.6 is 11.3 Å². The highest BCUT2D eigenvalue weighted by Gasteiger charge is 2.24. The van der Waals surface area contributed by atoms with Crippen molar-refractivity contribution in [2.75, 3.05) is 30.8 Å². The van der Waals surface area contributed by atoms with Gasteiger partial charge < -0.3 is 15.4 Å². The predicted octanol–water partition coefficient (Wildman–Crippen LogP) is 3.21. The number of aromatic nitrogens is 1. The molecule has 1 aliphatic heterocycles. The van der Waals surface area contributed by atoms with E-state index in [1.54, 1.807) is 7.11 Å². The molecule has 4 rings (SSSR count). The van der Waals surface area contributed by atoms with Gasteiger partial charge in [0.25, 0.3) is 0 Å². The number of thiazole rings is 1. The number of urea groups is 1. The Morgan fingerprint density at radius 2 is 2.03 bits per heavy atom. The second kappa shape index (κ2) is 9.44. The van der Waals surface area contributed by atoms with Crippen molar-refractivity contribution in [2.24, 2.45) is 0 Å². The zero-order valence-electron chi connectivity index (χ0n) is 17.1. The van der Waals surface area contributed by atoms with E-state index in [2.05, 4.69) is 25.8 Å². The number of hydrogen-bond donors (Lipinski definition) is 3. The highest BCUT2D eigenvalue weighted by Crippen LogP contribution is 2.29. The fourth-order valence-electron chi connectivity index (χ4n) is 3.97. The fourth-order valence-corrected chi connectivity index (χ4v) is 5.01. The molecule has 1 aromatic heterocycles. The Balaban J connectivity index is 1.30. The Morgan fingerprint density at radius 1 is 1.23 bits per heavy atom. The van der Waals surface area contributed by atoms with Crippen LogP contribution in [-0.4, -0.2) is 48.1 Å². The number of benzene rings is 1. The van der Waals surface area contributed by atoms with Crippen molar-refractivity contribution in [3.63, 3.8) is 0 Å². The molecule has 0 radical (unpaired) electrons. The number of ether oxygens (including phenoxy) is 1. The van der Waals surface area contributed by atoms with Gasteiger partial charge >= 0.3 is 6.03 Å². The van der Waals surface area contributed by atoms with Crippen LogP contribution in [0.1, 0.15) is 36.3 Å². The third-order valence-electron chi connectivity index (χ3n) is 5.47. The van der Waals surface area contributed by atoms with Gasteiger partial charge in [-0.05, 0) is 25.0 Å². The third kappa shape index (κ3) is 5.09. The average Bonchev–Trinajstić information content (AvgIpc) is 3.37. The summed E-state index contributed by atoms with van der Waals surface area (Å²) >= 11 is 1.49. The predicted molar refractivity (Wildman–Crippen MR) is 117 cm³/mol. The highest BCUT2D eigenvalue weighted by molar-refractivity contribution is 7.15. The summed E-state index contributed by atoms with van der Waals surface area (Å²) in [4.78, 5) is 32.4. The number of carbonyl (C=O) groups is 2. The molecule has 2 aliphatic rings. The van der Waals surface area contributed by atoms with Crippen molar-refractivity contribution in [1.82, 2.24) is 15.2 Å². The number of rotatable bonds is 6. The summed E-state index contributed by atoms with van der Waals surface area (Å²) in [6, 6.07) is 7.46. The van der Waals surface area contributed by atoms with E-state index < -0.39 is 0 Å². The molecule has 0 saturated heterocycles. The van der Waals surface area contributed by atoms with Crippen molar-refractivity contribution in [3.05, 3.63) is 34.8 Å². The van der Waals surface area contributed by atoms with Gasteiger partial charge in [-0.2, -0.15) is 0 Å². The summed E-state index contributed by atoms with van der Waals surface area (Å²) in [5, 5.41) is 9.43. The molecular formula is C21H27N5O3S. The summed E-state index contributed by atoms with van der Waals surface area (Å²) in [5.74, 6) is 0.558. The lowest BCUT2D eigenvalue weighted by atomic mass is 10.2. The molecule has 1 saturated carbocycles. The molecule has 30 heavy (non-hydrogen) atoms. The molecule has 9 heteroatoms. The number of fused-ring (bicyclic) bond motifs is 1. The number of carbonyl (C=O) groups excluding carboxylic acids is 2. The first-order valence-corrected chi connectivity index (χ1v) is 11.1. The minimum atomic E-state index is -0.180. The maximum atomic E-state index is 12.5. The number of hydrogen-bond acceptors (Lipinski definition) is 6. The van der Waals surface area contributed by atoms with Crippen LogP contribution in [0.3, 0.4) is 0 Å². The Kier molecular flexibility index (Phi) is 6.49. The van der Waals surface area contributed by atoms with Crippen LogP contribution in [0.25, 0.3) is 0 Å². The van der Waals surface area contributed by atoms with Crippen molar-refractivity contribution in [3.8, 4) is 5.75 Å². The van der Waals surface area contributed by atoms with Crippen LogP contribution < -0.4 is 20.7 Å². The van der Waals surface area contributed by atoms with Crippen LogP contribution in [0, 0.1) is 0 Å². The van der Waals surface area contributed by atoms with Crippen molar-refractivity contribution in [1.29, 1.82) is 0 Å². The molecule has 0 spiro atoms. The topological polar surface area (TPSA) is 95.6 Å². The standard InChI is InChI=1S/C21H27N5O3S/c1-29-17-9-5-4-8-15(17)23-19(27)13-26-11-10-16-18(12-26)30-21(24-16)25-20(28)22-14-6-2-3-7-14/h4-5,8-9,14H,2-3,6-7,10-13H2,1H3,(H,23,27)(H2,22,24,25,28). The van der Waals surface area contributed by atoms with Crippen molar-refractivity contribution < 1.29 is 14.3 Å². The monoisotopic (exact) mass is 429 g/mol. The summed E-state index contributed by atoms with van der Waals surface area (Å²) < 4.78 is 5.28. The number of methoxy groups -OCH3 is 1. The molecule has 2 heterocycles. The van der Waals surface area contributed by atoms with Crippen molar-refractivity contribution >= 4 is 34.1 Å². The summed E-state index contributed by atoms with van der Waals surface area (Å²) in [7, 11) is 1.58. The van der Waals surface area contributed by atoms with Crippen molar-refractivity contribution in [2.45, 2.75) is 44.7 Å². The van der Waals surface area contributed by atoms with E-state index in [1.165, 1.54) is 24.2 Å². The van der Waals surface area contributed by atoms with E-state index in [1.807, 2.05) is 24.3 Å². The zero-order chi connectivity index (χ0) is 20.9. The van der Waals surface area contributed by atoms with E-state index in [9.17, 15) is 9.59 Å². The van der Waals surface area contributed by atoms with Gasteiger partial charge in [-0.25, -0.2) is 9.78 Å². The van der Waals surface area contributed by atoms with E-state index in [0.29, 0.717) is 29.7 Å². The Labute approximate surface area is 180 Å². The van der Waals surface area contributed by atoms with E-state index in [-0.39, 0.29) is 18.0 Å². The van der Waals surface area contributed by atoms with Crippen LogP contribution in [-0.2, 0) is 17.8 Å². The molecule has 2 aromatic rings. The maximum absolute atomic E-state index is 12.5. The fraction of sp³-hybridized carbons (Fsp3) is 0.476. The molecule has 3 N–H and O–H groups in total. The normalized spacial score (nSPS) is 16.7. The quantitative estimate of drug-likeness (QED) is 0.655. The molecule has 1 fully saturated rings. The molecule has 160 valence electrons. The SMILES string of the molecule is COc1ccccc1NC(=O)CN1CCc2nc(NC(=O)NC3CCCC3)sc2C1. The molecular weight excluding hydrogens is 402 g/mol. The van der Waals surface area contributed by atoms with Gasteiger partial charge in [0.15, 0.2) is 5.13 Å². The molecule has 0 atom stereocenters. The highest BCUT2D eigenvalue weighted by atomic mass is 32.1. The number of amides is 3. The van der Waals surface area contributed by atoms with Gasteiger partial charge in [0.2, 0.25) is 5.91 Å². The van der Waals surface area contributed by atoms with E-state index in [4.69, 9.17) is 4.74 Å². The number of para-hydroxylation sites is 2. The van der Waals surface area contributed by atoms with Gasteiger partial charge in [0, 0.05) is 30.4 Å². The van der Waals surface area contributed by atoms with Gasteiger partial charge in [0.05, 0.1) is 25.0 Å². The molecule has 8 nitrogen and oxygen atoms in total. The van der Waals surface area contributed by atoms with Crippen LogP contribution in [0.5, 0.6) is 5.75 Å². The first-order chi connectivity index (χ1) is 14.6. The van der Waals surface area contributed by atoms with Gasteiger partial charge in [-0.1, -0.05) is 25.0 Å². The van der Waals surface area contributed by atoms with Crippen LogP contribution in [0.15, 0.2) is 24.3 Å². The summed E-state index contributed by atoms with van der Waals surface area (Å²) in [6.45, 7) is 1.70. The number of nitrogens with zero attached hydrogens (tertiary/aromatic N) is 2. The summed E-state index contributed by atoms with van der Waals surface area (Å²) in [6.07, 6.45) is 5.22. The van der Waals surface area contributed by atoms with E-state index >= 15 is 0 Å². The van der Waals surface area contributed by atoms with Crippen LogP contribution in [0.4, 0.5) is 15.6 Å². The molecule has 1 aliphatic carbocycles.